The van der Waals surface area contributed by atoms with Crippen molar-refractivity contribution in [2.45, 2.75) is 26.8 Å². The van der Waals surface area contributed by atoms with Crippen LogP contribution in [-0.2, 0) is 6.54 Å². The number of anilines is 1. The van der Waals surface area contributed by atoms with Crippen molar-refractivity contribution in [3.8, 4) is 22.6 Å². The lowest BCUT2D eigenvalue weighted by Crippen LogP contribution is -2.46. The van der Waals surface area contributed by atoms with Crippen LogP contribution in [0.2, 0.25) is 0 Å². The van der Waals surface area contributed by atoms with E-state index < -0.39 is 0 Å². The molecule has 0 unspecified atom stereocenters. The van der Waals surface area contributed by atoms with Gasteiger partial charge in [0.1, 0.15) is 11.5 Å². The highest BCUT2D eigenvalue weighted by atomic mass is 16.5. The van der Waals surface area contributed by atoms with Crippen molar-refractivity contribution in [2.75, 3.05) is 51.3 Å². The number of hydrogen-bond acceptors (Lipinski definition) is 5. The molecule has 6 heteroatoms. The molecule has 1 fully saturated rings. The second kappa shape index (κ2) is 12.5. The van der Waals surface area contributed by atoms with Gasteiger partial charge in [-0.15, -0.1) is 0 Å². The highest BCUT2D eigenvalue weighted by Crippen LogP contribution is 2.30. The Kier molecular flexibility index (Phi) is 8.85. The fourth-order valence-corrected chi connectivity index (χ4v) is 4.56. The summed E-state index contributed by atoms with van der Waals surface area (Å²) in [6, 6.07) is 22.6. The fraction of sp³-hybridized carbons (Fsp3) is 0.367. The molecule has 1 amide bonds. The zero-order valence-corrected chi connectivity index (χ0v) is 21.6. The standard InChI is InChI=1S/C30H37N3O3/c1-4-15-31-30(34)23-11-13-27(14-12-23)33-18-16-32(17-19-33)22-26-10-9-25(21-29(26)35-3)24-7-6-8-28(20-24)36-5-2/h6-14,20-21H,4-5,15-19,22H2,1-3H3,(H,31,34). The van der Waals surface area contributed by atoms with Gasteiger partial charge in [-0.2, -0.15) is 0 Å². The Labute approximate surface area is 214 Å². The van der Waals surface area contributed by atoms with Crippen molar-refractivity contribution in [3.05, 3.63) is 77.9 Å². The molecule has 0 atom stereocenters. The second-order valence-corrected chi connectivity index (χ2v) is 9.05. The fourth-order valence-electron chi connectivity index (χ4n) is 4.56. The van der Waals surface area contributed by atoms with E-state index in [0.717, 1.165) is 67.5 Å². The van der Waals surface area contributed by atoms with Crippen LogP contribution >= 0.6 is 0 Å². The van der Waals surface area contributed by atoms with Gasteiger partial charge in [0.25, 0.3) is 5.91 Å². The van der Waals surface area contributed by atoms with Gasteiger partial charge in [-0.1, -0.05) is 31.2 Å². The van der Waals surface area contributed by atoms with Crippen molar-refractivity contribution in [3.63, 3.8) is 0 Å². The number of ether oxygens (including phenoxy) is 2. The first-order valence-electron chi connectivity index (χ1n) is 12.9. The van der Waals surface area contributed by atoms with Crippen LogP contribution in [0, 0.1) is 0 Å². The van der Waals surface area contributed by atoms with E-state index in [0.29, 0.717) is 18.7 Å². The lowest BCUT2D eigenvalue weighted by molar-refractivity contribution is 0.0953. The highest BCUT2D eigenvalue weighted by molar-refractivity contribution is 5.94. The number of rotatable bonds is 10. The predicted octanol–water partition coefficient (Wildman–Crippen LogP) is 5.22. The normalized spacial score (nSPS) is 13.9. The molecule has 3 aromatic rings. The molecular formula is C30H37N3O3. The van der Waals surface area contributed by atoms with E-state index in [1.165, 1.54) is 5.56 Å². The smallest absolute Gasteiger partial charge is 0.251 e. The molecule has 1 N–H and O–H groups in total. The van der Waals surface area contributed by atoms with Crippen LogP contribution in [0.5, 0.6) is 11.5 Å². The average Bonchev–Trinajstić information content (AvgIpc) is 2.93. The molecule has 0 aromatic heterocycles. The van der Waals surface area contributed by atoms with Gasteiger partial charge in [0, 0.05) is 56.1 Å². The minimum absolute atomic E-state index is 0.00446. The van der Waals surface area contributed by atoms with Crippen LogP contribution in [0.1, 0.15) is 36.2 Å². The first-order valence-corrected chi connectivity index (χ1v) is 12.9. The molecule has 3 aromatic carbocycles. The Morgan fingerprint density at radius 2 is 1.67 bits per heavy atom. The number of carbonyl (C=O) groups is 1. The first-order chi connectivity index (χ1) is 17.6. The van der Waals surface area contributed by atoms with Crippen molar-refractivity contribution in [1.82, 2.24) is 10.2 Å². The van der Waals surface area contributed by atoms with Gasteiger partial charge >= 0.3 is 0 Å². The van der Waals surface area contributed by atoms with Gasteiger partial charge in [-0.05, 0) is 66.9 Å². The quantitative estimate of drug-likeness (QED) is 0.425. The molecule has 0 spiro atoms. The predicted molar refractivity (Wildman–Crippen MR) is 146 cm³/mol. The van der Waals surface area contributed by atoms with E-state index >= 15 is 0 Å². The summed E-state index contributed by atoms with van der Waals surface area (Å²) in [5, 5.41) is 2.93. The van der Waals surface area contributed by atoms with Crippen LogP contribution < -0.4 is 19.7 Å². The molecule has 0 aliphatic carbocycles. The molecule has 6 nitrogen and oxygen atoms in total. The molecule has 1 aliphatic heterocycles. The third-order valence-electron chi connectivity index (χ3n) is 6.56. The van der Waals surface area contributed by atoms with Crippen molar-refractivity contribution in [1.29, 1.82) is 0 Å². The summed E-state index contributed by atoms with van der Waals surface area (Å²) in [5.74, 6) is 1.79. The Balaban J connectivity index is 1.35. The molecule has 0 radical (unpaired) electrons. The van der Waals surface area contributed by atoms with Crippen molar-refractivity contribution in [2.24, 2.45) is 0 Å². The Morgan fingerprint density at radius 1 is 0.917 bits per heavy atom. The van der Waals surface area contributed by atoms with E-state index in [1.807, 2.05) is 31.2 Å². The van der Waals surface area contributed by atoms with E-state index in [2.05, 4.69) is 64.5 Å². The van der Waals surface area contributed by atoms with E-state index in [1.54, 1.807) is 7.11 Å². The number of carbonyl (C=O) groups excluding carboxylic acids is 1. The maximum Gasteiger partial charge on any atom is 0.251 e. The zero-order valence-electron chi connectivity index (χ0n) is 21.6. The van der Waals surface area contributed by atoms with Gasteiger partial charge < -0.3 is 19.7 Å². The third kappa shape index (κ3) is 6.38. The number of methoxy groups -OCH3 is 1. The largest absolute Gasteiger partial charge is 0.496 e. The SMILES string of the molecule is CCCNC(=O)c1ccc(N2CCN(Cc3ccc(-c4cccc(OCC)c4)cc3OC)CC2)cc1. The number of nitrogens with one attached hydrogen (secondary N) is 1. The Bertz CT molecular complexity index is 1140. The summed E-state index contributed by atoms with van der Waals surface area (Å²) < 4.78 is 11.4. The van der Waals surface area contributed by atoms with E-state index in [4.69, 9.17) is 9.47 Å². The number of nitrogens with zero attached hydrogens (tertiary/aromatic N) is 2. The first kappa shape index (κ1) is 25.6. The van der Waals surface area contributed by atoms with E-state index in [9.17, 15) is 4.79 Å². The summed E-state index contributed by atoms with van der Waals surface area (Å²) in [7, 11) is 1.74. The lowest BCUT2D eigenvalue weighted by atomic mass is 10.0. The Hall–Kier alpha value is -3.51. The maximum absolute atomic E-state index is 12.2. The third-order valence-corrected chi connectivity index (χ3v) is 6.56. The summed E-state index contributed by atoms with van der Waals surface area (Å²) in [5.41, 5.74) is 5.31. The van der Waals surface area contributed by atoms with Crippen LogP contribution in [0.25, 0.3) is 11.1 Å². The zero-order chi connectivity index (χ0) is 25.3. The van der Waals surface area contributed by atoms with Gasteiger partial charge in [0.05, 0.1) is 13.7 Å². The minimum Gasteiger partial charge on any atom is -0.496 e. The molecule has 1 saturated heterocycles. The second-order valence-electron chi connectivity index (χ2n) is 9.05. The van der Waals surface area contributed by atoms with Crippen LogP contribution in [0.3, 0.4) is 0 Å². The molecule has 1 heterocycles. The summed E-state index contributed by atoms with van der Waals surface area (Å²) >= 11 is 0. The van der Waals surface area contributed by atoms with Gasteiger partial charge in [0.15, 0.2) is 0 Å². The van der Waals surface area contributed by atoms with Crippen LogP contribution in [0.4, 0.5) is 5.69 Å². The number of piperazine rings is 1. The topological polar surface area (TPSA) is 54.0 Å². The molecule has 1 aliphatic rings. The summed E-state index contributed by atoms with van der Waals surface area (Å²) in [6.07, 6.45) is 0.937. The van der Waals surface area contributed by atoms with E-state index in [-0.39, 0.29) is 5.91 Å². The van der Waals surface area contributed by atoms with Gasteiger partial charge in [-0.3, -0.25) is 9.69 Å². The number of hydrogen-bond donors (Lipinski definition) is 1. The number of benzene rings is 3. The molecule has 36 heavy (non-hydrogen) atoms. The number of amides is 1. The summed E-state index contributed by atoms with van der Waals surface area (Å²) in [4.78, 5) is 17.0. The molecule has 0 bridgehead atoms. The van der Waals surface area contributed by atoms with Crippen molar-refractivity contribution >= 4 is 11.6 Å². The van der Waals surface area contributed by atoms with Crippen molar-refractivity contribution < 1.29 is 14.3 Å². The molecule has 0 saturated carbocycles. The van der Waals surface area contributed by atoms with Crippen LogP contribution in [0.15, 0.2) is 66.7 Å². The highest BCUT2D eigenvalue weighted by Gasteiger charge is 2.19. The monoisotopic (exact) mass is 487 g/mol. The van der Waals surface area contributed by atoms with Gasteiger partial charge in [0.2, 0.25) is 0 Å². The van der Waals surface area contributed by atoms with Gasteiger partial charge in [-0.25, -0.2) is 0 Å². The molecule has 190 valence electrons. The van der Waals surface area contributed by atoms with Crippen LogP contribution in [-0.4, -0.2) is 57.2 Å². The maximum atomic E-state index is 12.2. The molecular weight excluding hydrogens is 450 g/mol. The molecule has 4 rings (SSSR count). The summed E-state index contributed by atoms with van der Waals surface area (Å²) in [6.45, 7) is 10.1. The lowest BCUT2D eigenvalue weighted by Gasteiger charge is -2.36. The Morgan fingerprint density at radius 3 is 2.36 bits per heavy atom. The minimum atomic E-state index is -0.00446. The average molecular weight is 488 g/mol.